The lowest BCUT2D eigenvalue weighted by atomic mass is 9.99. The van der Waals surface area contributed by atoms with Gasteiger partial charge in [-0.05, 0) is 54.7 Å². The number of anilines is 2. The zero-order valence-electron chi connectivity index (χ0n) is 13.4. The quantitative estimate of drug-likeness (QED) is 0.908. The third kappa shape index (κ3) is 3.11. The van der Waals surface area contributed by atoms with Crippen LogP contribution in [0.4, 0.5) is 11.4 Å². The molecule has 1 aliphatic heterocycles. The molecule has 23 heavy (non-hydrogen) atoms. The number of amides is 2. The zero-order valence-corrected chi connectivity index (χ0v) is 13.4. The molecule has 0 unspecified atom stereocenters. The van der Waals surface area contributed by atoms with E-state index in [9.17, 15) is 9.59 Å². The number of carbonyl (C=O) groups excluding carboxylic acids is 2. The SMILES string of the molecule is CCc1cccc(C)c1NC(=O)c1ccc2c(c1)CCC(=O)N2. The van der Waals surface area contributed by atoms with Crippen LogP contribution in [0.3, 0.4) is 0 Å². The molecule has 0 aromatic heterocycles. The van der Waals surface area contributed by atoms with Gasteiger partial charge >= 0.3 is 0 Å². The van der Waals surface area contributed by atoms with Crippen molar-refractivity contribution in [1.29, 1.82) is 0 Å². The molecule has 2 N–H and O–H groups in total. The Labute approximate surface area is 135 Å². The summed E-state index contributed by atoms with van der Waals surface area (Å²) in [4.78, 5) is 24.0. The molecular formula is C19H20N2O2. The van der Waals surface area contributed by atoms with Gasteiger partial charge in [0, 0.05) is 23.4 Å². The first kappa shape index (κ1) is 15.3. The average Bonchev–Trinajstić information content (AvgIpc) is 2.56. The molecule has 2 aromatic rings. The summed E-state index contributed by atoms with van der Waals surface area (Å²) in [5.74, 6) is -0.0871. The van der Waals surface area contributed by atoms with Gasteiger partial charge in [0.2, 0.25) is 5.91 Å². The van der Waals surface area contributed by atoms with Gasteiger partial charge in [0.1, 0.15) is 0 Å². The predicted molar refractivity (Wildman–Crippen MR) is 91.9 cm³/mol. The first-order valence-corrected chi connectivity index (χ1v) is 7.91. The van der Waals surface area contributed by atoms with Gasteiger partial charge in [-0.2, -0.15) is 0 Å². The van der Waals surface area contributed by atoms with Gasteiger partial charge in [-0.3, -0.25) is 9.59 Å². The Hall–Kier alpha value is -2.62. The van der Waals surface area contributed by atoms with Crippen LogP contribution < -0.4 is 10.6 Å². The Morgan fingerprint density at radius 3 is 2.83 bits per heavy atom. The van der Waals surface area contributed by atoms with E-state index in [0.717, 1.165) is 34.5 Å². The van der Waals surface area contributed by atoms with Crippen molar-refractivity contribution in [2.24, 2.45) is 0 Å². The lowest BCUT2D eigenvalue weighted by Crippen LogP contribution is -2.20. The highest BCUT2D eigenvalue weighted by Gasteiger charge is 2.17. The van der Waals surface area contributed by atoms with E-state index in [1.807, 2.05) is 31.2 Å². The molecule has 1 aliphatic rings. The van der Waals surface area contributed by atoms with Crippen LogP contribution in [0, 0.1) is 6.92 Å². The Morgan fingerprint density at radius 1 is 1.22 bits per heavy atom. The van der Waals surface area contributed by atoms with Gasteiger partial charge in [-0.15, -0.1) is 0 Å². The maximum absolute atomic E-state index is 12.6. The maximum Gasteiger partial charge on any atom is 0.255 e. The molecule has 0 fully saturated rings. The van der Waals surface area contributed by atoms with Crippen molar-refractivity contribution < 1.29 is 9.59 Å². The van der Waals surface area contributed by atoms with E-state index in [-0.39, 0.29) is 11.8 Å². The molecule has 0 saturated heterocycles. The summed E-state index contributed by atoms with van der Waals surface area (Å²) in [6.07, 6.45) is 2.01. The minimum atomic E-state index is -0.117. The van der Waals surface area contributed by atoms with Crippen LogP contribution in [-0.2, 0) is 17.6 Å². The van der Waals surface area contributed by atoms with Crippen molar-refractivity contribution in [3.63, 3.8) is 0 Å². The molecule has 0 saturated carbocycles. The minimum Gasteiger partial charge on any atom is -0.326 e. The molecule has 118 valence electrons. The van der Waals surface area contributed by atoms with Crippen LogP contribution in [0.2, 0.25) is 0 Å². The van der Waals surface area contributed by atoms with Crippen LogP contribution in [0.5, 0.6) is 0 Å². The largest absolute Gasteiger partial charge is 0.326 e. The zero-order chi connectivity index (χ0) is 16.4. The summed E-state index contributed by atoms with van der Waals surface area (Å²) in [5.41, 5.74) is 5.52. The van der Waals surface area contributed by atoms with Gasteiger partial charge in [-0.25, -0.2) is 0 Å². The number of aryl methyl sites for hydroxylation is 3. The highest BCUT2D eigenvalue weighted by atomic mass is 16.2. The third-order valence-corrected chi connectivity index (χ3v) is 4.24. The normalized spacial score (nSPS) is 13.2. The first-order chi connectivity index (χ1) is 11.1. The van der Waals surface area contributed by atoms with Gasteiger partial charge in [-0.1, -0.05) is 25.1 Å². The van der Waals surface area contributed by atoms with Gasteiger partial charge in [0.25, 0.3) is 5.91 Å². The maximum atomic E-state index is 12.6. The number of fused-ring (bicyclic) bond motifs is 1. The molecule has 0 spiro atoms. The number of hydrogen-bond acceptors (Lipinski definition) is 2. The van der Waals surface area contributed by atoms with E-state index in [2.05, 4.69) is 17.6 Å². The number of rotatable bonds is 3. The second kappa shape index (κ2) is 6.24. The van der Waals surface area contributed by atoms with Crippen LogP contribution in [-0.4, -0.2) is 11.8 Å². The number of para-hydroxylation sites is 1. The Bertz CT molecular complexity index is 781. The number of hydrogen-bond donors (Lipinski definition) is 2. The summed E-state index contributed by atoms with van der Waals surface area (Å²) in [5, 5.41) is 5.87. The summed E-state index contributed by atoms with van der Waals surface area (Å²) in [7, 11) is 0. The molecule has 3 rings (SSSR count). The third-order valence-electron chi connectivity index (χ3n) is 4.24. The van der Waals surface area contributed by atoms with Crippen molar-refractivity contribution in [2.75, 3.05) is 10.6 Å². The van der Waals surface area contributed by atoms with Crippen LogP contribution in [0.1, 0.15) is 40.4 Å². The fourth-order valence-electron chi connectivity index (χ4n) is 2.91. The first-order valence-electron chi connectivity index (χ1n) is 7.91. The monoisotopic (exact) mass is 308 g/mol. The van der Waals surface area contributed by atoms with Crippen molar-refractivity contribution >= 4 is 23.2 Å². The number of carbonyl (C=O) groups is 2. The van der Waals surface area contributed by atoms with E-state index >= 15 is 0 Å². The Balaban J connectivity index is 1.86. The molecule has 0 bridgehead atoms. The highest BCUT2D eigenvalue weighted by molar-refractivity contribution is 6.06. The van der Waals surface area contributed by atoms with Gasteiger partial charge < -0.3 is 10.6 Å². The second-order valence-electron chi connectivity index (χ2n) is 5.84. The predicted octanol–water partition coefficient (Wildman–Crippen LogP) is 3.69. The van der Waals surface area contributed by atoms with E-state index in [0.29, 0.717) is 18.4 Å². The second-order valence-corrected chi connectivity index (χ2v) is 5.84. The Kier molecular flexibility index (Phi) is 4.15. The molecular weight excluding hydrogens is 288 g/mol. The molecule has 0 aliphatic carbocycles. The molecule has 1 heterocycles. The van der Waals surface area contributed by atoms with Crippen molar-refractivity contribution in [3.8, 4) is 0 Å². The minimum absolute atomic E-state index is 0.0298. The average molecular weight is 308 g/mol. The molecule has 4 heteroatoms. The summed E-state index contributed by atoms with van der Waals surface area (Å²) >= 11 is 0. The van der Waals surface area contributed by atoms with Gasteiger partial charge in [0.05, 0.1) is 0 Å². The lowest BCUT2D eigenvalue weighted by molar-refractivity contribution is -0.116. The van der Waals surface area contributed by atoms with Crippen molar-refractivity contribution in [3.05, 3.63) is 58.7 Å². The molecule has 0 radical (unpaired) electrons. The van der Waals surface area contributed by atoms with Crippen molar-refractivity contribution in [1.82, 2.24) is 0 Å². The molecule has 2 amide bonds. The number of nitrogens with one attached hydrogen (secondary N) is 2. The molecule has 4 nitrogen and oxygen atoms in total. The lowest BCUT2D eigenvalue weighted by Gasteiger charge is -2.18. The van der Waals surface area contributed by atoms with E-state index in [1.54, 1.807) is 12.1 Å². The van der Waals surface area contributed by atoms with Crippen LogP contribution in [0.25, 0.3) is 0 Å². The highest BCUT2D eigenvalue weighted by Crippen LogP contribution is 2.25. The Morgan fingerprint density at radius 2 is 2.04 bits per heavy atom. The standard InChI is InChI=1S/C19H20N2O2/c1-3-13-6-4-5-12(2)18(13)21-19(23)15-7-9-16-14(11-15)8-10-17(22)20-16/h4-7,9,11H,3,8,10H2,1-2H3,(H,20,22)(H,21,23). The van der Waals surface area contributed by atoms with E-state index < -0.39 is 0 Å². The summed E-state index contributed by atoms with van der Waals surface area (Å²) in [6, 6.07) is 11.5. The van der Waals surface area contributed by atoms with Crippen LogP contribution in [0.15, 0.2) is 36.4 Å². The van der Waals surface area contributed by atoms with Crippen molar-refractivity contribution in [2.45, 2.75) is 33.1 Å². The van der Waals surface area contributed by atoms with Crippen LogP contribution >= 0.6 is 0 Å². The number of benzene rings is 2. The topological polar surface area (TPSA) is 58.2 Å². The smallest absolute Gasteiger partial charge is 0.255 e. The van der Waals surface area contributed by atoms with Gasteiger partial charge in [0.15, 0.2) is 0 Å². The fraction of sp³-hybridized carbons (Fsp3) is 0.263. The summed E-state index contributed by atoms with van der Waals surface area (Å²) < 4.78 is 0. The van der Waals surface area contributed by atoms with E-state index in [1.165, 1.54) is 0 Å². The summed E-state index contributed by atoms with van der Waals surface area (Å²) in [6.45, 7) is 4.07. The molecule has 2 aromatic carbocycles. The fourth-order valence-corrected chi connectivity index (χ4v) is 2.91. The van der Waals surface area contributed by atoms with E-state index in [4.69, 9.17) is 0 Å². The molecule has 0 atom stereocenters.